The average Bonchev–Trinajstić information content (AvgIpc) is 3.10. The Morgan fingerprint density at radius 3 is 2.62 bits per heavy atom. The molecular weight excluding hydrogens is 328 g/mol. The largest absolute Gasteiger partial charge is 0.339 e. The monoisotopic (exact) mass is 356 g/mol. The Balaban J connectivity index is 1.48. The van der Waals surface area contributed by atoms with Gasteiger partial charge in [0.05, 0.1) is 17.3 Å². The number of aromatic nitrogens is 2. The highest BCUT2D eigenvalue weighted by Crippen LogP contribution is 2.42. The average molecular weight is 356 g/mol. The molecule has 0 radical (unpaired) electrons. The Labute approximate surface area is 155 Å². The second-order valence-electron chi connectivity index (χ2n) is 8.19. The van der Waals surface area contributed by atoms with Gasteiger partial charge in [-0.25, -0.2) is 4.98 Å². The molecule has 1 spiro atoms. The first-order chi connectivity index (χ1) is 12.6. The number of nitrogens with zero attached hydrogens (tertiary/aromatic N) is 4. The summed E-state index contributed by atoms with van der Waals surface area (Å²) in [4.78, 5) is 38.5. The maximum atomic E-state index is 13.4. The zero-order valence-electron chi connectivity index (χ0n) is 15.6. The Kier molecular flexibility index (Phi) is 4.67. The fraction of sp³-hybridized carbons (Fsp3) is 0.700. The molecule has 2 amide bonds. The van der Waals surface area contributed by atoms with Gasteiger partial charge in [-0.3, -0.25) is 14.6 Å². The number of piperidine rings is 1. The van der Waals surface area contributed by atoms with E-state index in [9.17, 15) is 9.59 Å². The van der Waals surface area contributed by atoms with E-state index in [4.69, 9.17) is 0 Å². The van der Waals surface area contributed by atoms with E-state index in [1.165, 1.54) is 19.3 Å². The summed E-state index contributed by atoms with van der Waals surface area (Å²) in [6.07, 6.45) is 11.9. The third-order valence-corrected chi connectivity index (χ3v) is 6.43. The van der Waals surface area contributed by atoms with Gasteiger partial charge in [-0.15, -0.1) is 0 Å². The van der Waals surface area contributed by atoms with Crippen LogP contribution in [0.4, 0.5) is 0 Å². The molecule has 2 saturated heterocycles. The van der Waals surface area contributed by atoms with Crippen LogP contribution in [-0.2, 0) is 4.79 Å². The second-order valence-corrected chi connectivity index (χ2v) is 8.19. The van der Waals surface area contributed by atoms with Crippen LogP contribution < -0.4 is 0 Å². The fourth-order valence-electron chi connectivity index (χ4n) is 4.93. The summed E-state index contributed by atoms with van der Waals surface area (Å²) in [6, 6.07) is 0.418. The predicted octanol–water partition coefficient (Wildman–Crippen LogP) is 2.57. The molecule has 0 bridgehead atoms. The van der Waals surface area contributed by atoms with Crippen LogP contribution in [0.1, 0.15) is 67.5 Å². The second kappa shape index (κ2) is 6.97. The zero-order valence-corrected chi connectivity index (χ0v) is 15.6. The van der Waals surface area contributed by atoms with Crippen LogP contribution in [0, 0.1) is 12.3 Å². The summed E-state index contributed by atoms with van der Waals surface area (Å²) in [5, 5.41) is 0. The lowest BCUT2D eigenvalue weighted by molar-refractivity contribution is -0.149. The van der Waals surface area contributed by atoms with Crippen molar-refractivity contribution >= 4 is 11.8 Å². The molecule has 6 nitrogen and oxygen atoms in total. The van der Waals surface area contributed by atoms with Crippen molar-refractivity contribution in [3.8, 4) is 0 Å². The van der Waals surface area contributed by atoms with Gasteiger partial charge in [0.1, 0.15) is 5.69 Å². The maximum Gasteiger partial charge on any atom is 0.274 e. The molecule has 1 saturated carbocycles. The molecule has 140 valence electrons. The van der Waals surface area contributed by atoms with Crippen molar-refractivity contribution in [3.05, 3.63) is 23.8 Å². The first-order valence-corrected chi connectivity index (χ1v) is 9.98. The maximum absolute atomic E-state index is 13.4. The molecule has 1 aromatic heterocycles. The normalized spacial score (nSPS) is 27.3. The zero-order chi connectivity index (χ0) is 18.1. The number of rotatable bonds is 2. The summed E-state index contributed by atoms with van der Waals surface area (Å²) >= 11 is 0. The molecule has 0 aromatic carbocycles. The van der Waals surface area contributed by atoms with Crippen LogP contribution in [0.2, 0.25) is 0 Å². The number of carbonyl (C=O) groups excluding carboxylic acids is 2. The minimum atomic E-state index is -0.372. The summed E-state index contributed by atoms with van der Waals surface area (Å²) in [5.74, 6) is 0.193. The highest BCUT2D eigenvalue weighted by molar-refractivity contribution is 5.93. The minimum absolute atomic E-state index is 0.100. The fourth-order valence-corrected chi connectivity index (χ4v) is 4.93. The molecular formula is C20H28N4O2. The van der Waals surface area contributed by atoms with Crippen molar-refractivity contribution in [2.75, 3.05) is 19.6 Å². The van der Waals surface area contributed by atoms with E-state index in [1.54, 1.807) is 12.4 Å². The highest BCUT2D eigenvalue weighted by atomic mass is 16.2. The summed E-state index contributed by atoms with van der Waals surface area (Å²) in [5.41, 5.74) is 0.800. The standard InChI is InChI=1S/C20H28N4O2/c1-15-12-22-17(13-21-15)18(25)23-11-9-20(14-23)8-5-10-24(19(20)26)16-6-3-2-4-7-16/h12-13,16H,2-11,14H2,1H3. The van der Waals surface area contributed by atoms with Crippen molar-refractivity contribution in [1.82, 2.24) is 19.8 Å². The van der Waals surface area contributed by atoms with Gasteiger partial charge in [0.2, 0.25) is 5.91 Å². The van der Waals surface area contributed by atoms with Gasteiger partial charge in [0.15, 0.2) is 0 Å². The number of likely N-dealkylation sites (tertiary alicyclic amines) is 2. The topological polar surface area (TPSA) is 66.4 Å². The van der Waals surface area contributed by atoms with E-state index in [-0.39, 0.29) is 11.3 Å². The first-order valence-electron chi connectivity index (χ1n) is 9.98. The van der Waals surface area contributed by atoms with Gasteiger partial charge in [-0.2, -0.15) is 0 Å². The molecule has 0 N–H and O–H groups in total. The van der Waals surface area contributed by atoms with Crippen LogP contribution in [0.3, 0.4) is 0 Å². The lowest BCUT2D eigenvalue weighted by atomic mass is 9.77. The molecule has 3 heterocycles. The van der Waals surface area contributed by atoms with Crippen molar-refractivity contribution in [2.24, 2.45) is 5.41 Å². The molecule has 3 aliphatic rings. The Hall–Kier alpha value is -1.98. The van der Waals surface area contributed by atoms with E-state index in [0.29, 0.717) is 30.7 Å². The molecule has 6 heteroatoms. The van der Waals surface area contributed by atoms with E-state index >= 15 is 0 Å². The van der Waals surface area contributed by atoms with Crippen LogP contribution in [0.15, 0.2) is 12.4 Å². The number of hydrogen-bond acceptors (Lipinski definition) is 4. The number of amides is 2. The lowest BCUT2D eigenvalue weighted by Gasteiger charge is -2.44. The van der Waals surface area contributed by atoms with Gasteiger partial charge >= 0.3 is 0 Å². The van der Waals surface area contributed by atoms with Gasteiger partial charge in [-0.1, -0.05) is 19.3 Å². The first kappa shape index (κ1) is 17.4. The molecule has 2 aliphatic heterocycles. The molecule has 1 aromatic rings. The number of hydrogen-bond donors (Lipinski definition) is 0. The Bertz CT molecular complexity index is 684. The third kappa shape index (κ3) is 3.10. The van der Waals surface area contributed by atoms with Crippen molar-refractivity contribution in [2.45, 2.75) is 64.3 Å². The van der Waals surface area contributed by atoms with Gasteiger partial charge in [0.25, 0.3) is 5.91 Å². The minimum Gasteiger partial charge on any atom is -0.339 e. The summed E-state index contributed by atoms with van der Waals surface area (Å²) in [6.45, 7) is 3.91. The highest BCUT2D eigenvalue weighted by Gasteiger charge is 2.50. The smallest absolute Gasteiger partial charge is 0.274 e. The van der Waals surface area contributed by atoms with Crippen LogP contribution in [0.5, 0.6) is 0 Å². The van der Waals surface area contributed by atoms with Gasteiger partial charge in [0, 0.05) is 31.9 Å². The molecule has 26 heavy (non-hydrogen) atoms. The molecule has 1 unspecified atom stereocenters. The molecule has 1 aliphatic carbocycles. The predicted molar refractivity (Wildman–Crippen MR) is 97.5 cm³/mol. The summed E-state index contributed by atoms with van der Waals surface area (Å²) < 4.78 is 0. The molecule has 3 fully saturated rings. The van der Waals surface area contributed by atoms with E-state index in [0.717, 1.165) is 44.3 Å². The van der Waals surface area contributed by atoms with Crippen molar-refractivity contribution < 1.29 is 9.59 Å². The SMILES string of the molecule is Cc1cnc(C(=O)N2CCC3(CCCN(C4CCCCC4)C3=O)C2)cn1. The molecule has 4 rings (SSSR count). The van der Waals surface area contributed by atoms with Crippen molar-refractivity contribution in [3.63, 3.8) is 0 Å². The van der Waals surface area contributed by atoms with Crippen LogP contribution in [-0.4, -0.2) is 57.3 Å². The van der Waals surface area contributed by atoms with E-state index in [1.807, 2.05) is 11.8 Å². The van der Waals surface area contributed by atoms with Gasteiger partial charge < -0.3 is 9.80 Å². The Morgan fingerprint density at radius 2 is 1.88 bits per heavy atom. The van der Waals surface area contributed by atoms with Crippen molar-refractivity contribution in [1.29, 1.82) is 0 Å². The number of aryl methyl sites for hydroxylation is 1. The lowest BCUT2D eigenvalue weighted by Crippen LogP contribution is -2.54. The van der Waals surface area contributed by atoms with Gasteiger partial charge in [-0.05, 0) is 39.0 Å². The molecule has 1 atom stereocenters. The van der Waals surface area contributed by atoms with Crippen LogP contribution >= 0.6 is 0 Å². The quantitative estimate of drug-likeness (QED) is 0.817. The number of carbonyl (C=O) groups is 2. The van der Waals surface area contributed by atoms with Crippen LogP contribution in [0.25, 0.3) is 0 Å². The van der Waals surface area contributed by atoms with E-state index in [2.05, 4.69) is 14.9 Å². The third-order valence-electron chi connectivity index (χ3n) is 6.43. The van der Waals surface area contributed by atoms with E-state index < -0.39 is 0 Å². The Morgan fingerprint density at radius 1 is 1.08 bits per heavy atom. The summed E-state index contributed by atoms with van der Waals surface area (Å²) in [7, 11) is 0.